The number of likely N-dealkylation sites (N-methyl/N-ethyl adjacent to an activating group) is 1. The van der Waals surface area contributed by atoms with Crippen LogP contribution in [0.5, 0.6) is 11.5 Å². The van der Waals surface area contributed by atoms with Gasteiger partial charge in [-0.1, -0.05) is 6.07 Å². The zero-order valence-electron chi connectivity index (χ0n) is 13.6. The maximum absolute atomic E-state index is 11.1. The topological polar surface area (TPSA) is 62.2 Å². The van der Waals surface area contributed by atoms with Crippen LogP contribution in [0.1, 0.15) is 30.4 Å². The van der Waals surface area contributed by atoms with Gasteiger partial charge in [0.15, 0.2) is 11.5 Å². The van der Waals surface area contributed by atoms with Gasteiger partial charge in [-0.2, -0.15) is 0 Å². The fourth-order valence-corrected chi connectivity index (χ4v) is 6.18. The SMILES string of the molecule is COc1ccc2c3c1O[C@H]1[C@@H](O)CC[C@@]4([C@@H](O)C2)N(C)CC[C@@]314. The van der Waals surface area contributed by atoms with Gasteiger partial charge >= 0.3 is 0 Å². The maximum Gasteiger partial charge on any atom is 0.166 e. The Morgan fingerprint density at radius 1 is 1.30 bits per heavy atom. The molecule has 4 aliphatic rings. The molecule has 0 bridgehead atoms. The van der Waals surface area contributed by atoms with Crippen molar-refractivity contribution < 1.29 is 19.7 Å². The third kappa shape index (κ3) is 1.30. The number of rotatable bonds is 1. The lowest BCUT2D eigenvalue weighted by Gasteiger charge is -2.58. The molecule has 0 unspecified atom stereocenters. The predicted molar refractivity (Wildman–Crippen MR) is 84.0 cm³/mol. The number of likely N-dealkylation sites (tertiary alicyclic amines) is 1. The Hall–Kier alpha value is -1.30. The first-order valence-corrected chi connectivity index (χ1v) is 8.50. The normalized spacial score (nSPS) is 43.7. The number of nitrogens with zero attached hydrogens (tertiary/aromatic N) is 1. The lowest BCUT2D eigenvalue weighted by molar-refractivity contribution is -0.128. The number of ether oxygens (including phenoxy) is 2. The van der Waals surface area contributed by atoms with Gasteiger partial charge in [0, 0.05) is 12.0 Å². The van der Waals surface area contributed by atoms with E-state index in [-0.39, 0.29) is 17.1 Å². The Morgan fingerprint density at radius 2 is 2.13 bits per heavy atom. The molecular weight excluding hydrogens is 294 g/mol. The minimum absolute atomic E-state index is 0.291. The molecule has 1 saturated heterocycles. The summed E-state index contributed by atoms with van der Waals surface area (Å²) in [5.41, 5.74) is 1.68. The molecular formula is C18H23NO4. The van der Waals surface area contributed by atoms with Crippen molar-refractivity contribution in [1.29, 1.82) is 0 Å². The van der Waals surface area contributed by atoms with Crippen LogP contribution >= 0.6 is 0 Å². The van der Waals surface area contributed by atoms with Crippen LogP contribution < -0.4 is 9.47 Å². The number of aliphatic hydroxyl groups excluding tert-OH is 2. The molecule has 2 heterocycles. The van der Waals surface area contributed by atoms with E-state index in [4.69, 9.17) is 9.47 Å². The van der Waals surface area contributed by atoms with Crippen molar-refractivity contribution in [2.45, 2.75) is 54.9 Å². The summed E-state index contributed by atoms with van der Waals surface area (Å²) in [6, 6.07) is 3.98. The third-order valence-electron chi connectivity index (χ3n) is 7.03. The molecule has 23 heavy (non-hydrogen) atoms. The fraction of sp³-hybridized carbons (Fsp3) is 0.667. The molecule has 124 valence electrons. The summed E-state index contributed by atoms with van der Waals surface area (Å²) in [5.74, 6) is 1.53. The van der Waals surface area contributed by atoms with E-state index in [0.717, 1.165) is 36.4 Å². The van der Waals surface area contributed by atoms with Gasteiger partial charge in [0.1, 0.15) is 6.10 Å². The molecule has 5 atom stereocenters. The summed E-state index contributed by atoms with van der Waals surface area (Å²) < 4.78 is 11.8. The molecule has 1 aromatic rings. The molecule has 0 aromatic heterocycles. The van der Waals surface area contributed by atoms with E-state index in [2.05, 4.69) is 18.0 Å². The molecule has 2 aliphatic carbocycles. The number of benzene rings is 1. The molecule has 5 nitrogen and oxygen atoms in total. The summed E-state index contributed by atoms with van der Waals surface area (Å²) in [5, 5.41) is 21.8. The highest BCUT2D eigenvalue weighted by Crippen LogP contribution is 2.67. The van der Waals surface area contributed by atoms with Crippen molar-refractivity contribution >= 4 is 0 Å². The summed E-state index contributed by atoms with van der Waals surface area (Å²) in [4.78, 5) is 2.32. The summed E-state index contributed by atoms with van der Waals surface area (Å²) in [6.45, 7) is 0.916. The van der Waals surface area contributed by atoms with Crippen LogP contribution in [0.25, 0.3) is 0 Å². The largest absolute Gasteiger partial charge is 0.493 e. The monoisotopic (exact) mass is 317 g/mol. The van der Waals surface area contributed by atoms with Gasteiger partial charge in [-0.15, -0.1) is 0 Å². The Kier molecular flexibility index (Phi) is 2.57. The molecule has 1 aromatic carbocycles. The first-order valence-electron chi connectivity index (χ1n) is 8.50. The lowest BCUT2D eigenvalue weighted by atomic mass is 9.51. The van der Waals surface area contributed by atoms with E-state index in [1.165, 1.54) is 5.56 Å². The number of methoxy groups -OCH3 is 1. The van der Waals surface area contributed by atoms with Crippen molar-refractivity contribution in [2.24, 2.45) is 0 Å². The highest BCUT2D eigenvalue weighted by Gasteiger charge is 2.74. The van der Waals surface area contributed by atoms with E-state index < -0.39 is 12.2 Å². The summed E-state index contributed by atoms with van der Waals surface area (Å²) in [7, 11) is 3.76. The zero-order valence-corrected chi connectivity index (χ0v) is 13.6. The second-order valence-electron chi connectivity index (χ2n) is 7.56. The Labute approximate surface area is 135 Å². The van der Waals surface area contributed by atoms with Crippen LogP contribution in [0.3, 0.4) is 0 Å². The van der Waals surface area contributed by atoms with E-state index in [1.807, 2.05) is 6.07 Å². The van der Waals surface area contributed by atoms with Crippen LogP contribution in [0.15, 0.2) is 12.1 Å². The second-order valence-corrected chi connectivity index (χ2v) is 7.56. The summed E-state index contributed by atoms with van der Waals surface area (Å²) in [6.07, 6.45) is 1.81. The molecule has 0 amide bonds. The molecule has 2 aliphatic heterocycles. The van der Waals surface area contributed by atoms with Crippen LogP contribution in [0.2, 0.25) is 0 Å². The molecule has 5 rings (SSSR count). The van der Waals surface area contributed by atoms with Gasteiger partial charge in [0.05, 0.1) is 30.3 Å². The molecule has 2 fully saturated rings. The van der Waals surface area contributed by atoms with Crippen molar-refractivity contribution in [3.05, 3.63) is 23.3 Å². The first kappa shape index (κ1) is 14.1. The lowest BCUT2D eigenvalue weighted by Crippen LogP contribution is -2.72. The quantitative estimate of drug-likeness (QED) is 0.804. The minimum atomic E-state index is -0.495. The second kappa shape index (κ2) is 4.21. The van der Waals surface area contributed by atoms with Crippen molar-refractivity contribution in [2.75, 3.05) is 20.7 Å². The first-order chi connectivity index (χ1) is 11.1. The van der Waals surface area contributed by atoms with Gasteiger partial charge < -0.3 is 19.7 Å². The smallest absolute Gasteiger partial charge is 0.166 e. The Balaban J connectivity index is 1.86. The highest BCUT2D eigenvalue weighted by molar-refractivity contribution is 5.63. The van der Waals surface area contributed by atoms with E-state index in [0.29, 0.717) is 12.8 Å². The average molecular weight is 317 g/mol. The van der Waals surface area contributed by atoms with Gasteiger partial charge in [0.2, 0.25) is 0 Å². The van der Waals surface area contributed by atoms with Gasteiger partial charge in [-0.25, -0.2) is 0 Å². The molecule has 1 spiro atoms. The van der Waals surface area contributed by atoms with Crippen molar-refractivity contribution in [1.82, 2.24) is 4.90 Å². The van der Waals surface area contributed by atoms with Gasteiger partial charge in [-0.3, -0.25) is 4.90 Å². The van der Waals surface area contributed by atoms with Crippen molar-refractivity contribution in [3.8, 4) is 11.5 Å². The summed E-state index contributed by atoms with van der Waals surface area (Å²) >= 11 is 0. The molecule has 5 heteroatoms. The fourth-order valence-electron chi connectivity index (χ4n) is 6.18. The number of hydrogen-bond donors (Lipinski definition) is 2. The Bertz CT molecular complexity index is 692. The highest BCUT2D eigenvalue weighted by atomic mass is 16.5. The maximum atomic E-state index is 11.1. The Morgan fingerprint density at radius 3 is 2.91 bits per heavy atom. The van der Waals surface area contributed by atoms with Crippen LogP contribution in [-0.4, -0.2) is 59.7 Å². The zero-order chi connectivity index (χ0) is 16.0. The van der Waals surface area contributed by atoms with Gasteiger partial charge in [0.25, 0.3) is 0 Å². The van der Waals surface area contributed by atoms with Crippen LogP contribution in [0.4, 0.5) is 0 Å². The molecule has 1 saturated carbocycles. The number of aliphatic hydroxyl groups is 2. The average Bonchev–Trinajstić information content (AvgIpc) is 3.06. The third-order valence-corrected chi connectivity index (χ3v) is 7.03. The van der Waals surface area contributed by atoms with E-state index in [9.17, 15) is 10.2 Å². The minimum Gasteiger partial charge on any atom is -0.493 e. The van der Waals surface area contributed by atoms with Crippen molar-refractivity contribution in [3.63, 3.8) is 0 Å². The van der Waals surface area contributed by atoms with Crippen LogP contribution in [0, 0.1) is 0 Å². The predicted octanol–water partition coefficient (Wildman–Crippen LogP) is 0.840. The van der Waals surface area contributed by atoms with Gasteiger partial charge in [-0.05, 0) is 44.5 Å². The van der Waals surface area contributed by atoms with Crippen LogP contribution in [-0.2, 0) is 11.8 Å². The van der Waals surface area contributed by atoms with E-state index in [1.54, 1.807) is 7.11 Å². The number of hydrogen-bond acceptors (Lipinski definition) is 5. The standard InChI is InChI=1S/C18H23NO4/c1-19-8-7-17-14-10-3-4-12(22-2)15(14)23-16(17)11(20)5-6-18(17,19)13(21)9-10/h3-4,11,13,16,20-21H,5-9H2,1-2H3/t11-,13-,16-,17+,18-/m0/s1. The molecule has 0 radical (unpaired) electrons. The van der Waals surface area contributed by atoms with E-state index >= 15 is 0 Å². The molecule has 2 N–H and O–H groups in total.